The third kappa shape index (κ3) is 4.99. The van der Waals surface area contributed by atoms with Crippen LogP contribution in [0.25, 0.3) is 6.08 Å². The summed E-state index contributed by atoms with van der Waals surface area (Å²) in [5.74, 6) is -2.80. The number of anilines is 1. The zero-order valence-electron chi connectivity index (χ0n) is 15.3. The van der Waals surface area contributed by atoms with Crippen LogP contribution in [0.4, 0.5) is 5.69 Å². The molecule has 0 aliphatic carbocycles. The SMILES string of the molecule is O=C(CCN1C(=O)/C(=C/c2ccccc2Cl)SC1=S)Nc1ccc(C(=O)O)c([O-])c1. The minimum absolute atomic E-state index is 0.0549. The zero-order valence-corrected chi connectivity index (χ0v) is 17.6. The Morgan fingerprint density at radius 3 is 2.67 bits per heavy atom. The number of carboxylic acids is 1. The van der Waals surface area contributed by atoms with E-state index < -0.39 is 17.6 Å². The average Bonchev–Trinajstić information content (AvgIpc) is 2.94. The van der Waals surface area contributed by atoms with E-state index in [1.165, 1.54) is 11.0 Å². The second-order valence-corrected chi connectivity index (χ2v) is 8.25. The lowest BCUT2D eigenvalue weighted by Gasteiger charge is -2.15. The van der Waals surface area contributed by atoms with Crippen molar-refractivity contribution in [2.24, 2.45) is 0 Å². The number of nitrogens with one attached hydrogen (secondary N) is 1. The van der Waals surface area contributed by atoms with Crippen LogP contribution in [-0.4, -0.2) is 38.7 Å². The summed E-state index contributed by atoms with van der Waals surface area (Å²) < 4.78 is 0.332. The van der Waals surface area contributed by atoms with Gasteiger partial charge in [0.2, 0.25) is 5.91 Å². The molecule has 1 heterocycles. The number of rotatable bonds is 6. The van der Waals surface area contributed by atoms with Crippen molar-refractivity contribution in [3.05, 3.63) is 63.5 Å². The van der Waals surface area contributed by atoms with Gasteiger partial charge in [-0.25, -0.2) is 4.79 Å². The van der Waals surface area contributed by atoms with Crippen molar-refractivity contribution in [3.8, 4) is 5.75 Å². The first-order valence-corrected chi connectivity index (χ1v) is 10.2. The molecular weight excluding hydrogens is 448 g/mol. The van der Waals surface area contributed by atoms with E-state index in [1.54, 1.807) is 30.3 Å². The number of carboxylic acid groups (broad SMARTS) is 1. The number of halogens is 1. The Labute approximate surface area is 186 Å². The molecule has 1 fully saturated rings. The van der Waals surface area contributed by atoms with E-state index in [1.807, 2.05) is 0 Å². The molecule has 3 rings (SSSR count). The number of amides is 2. The van der Waals surface area contributed by atoms with Crippen LogP contribution in [0.1, 0.15) is 22.3 Å². The predicted octanol–water partition coefficient (Wildman–Crippen LogP) is 3.34. The summed E-state index contributed by atoms with van der Waals surface area (Å²) in [6.45, 7) is 0.0633. The minimum atomic E-state index is -1.34. The fourth-order valence-electron chi connectivity index (χ4n) is 2.64. The van der Waals surface area contributed by atoms with Crippen LogP contribution >= 0.6 is 35.6 Å². The molecule has 0 radical (unpaired) electrons. The highest BCUT2D eigenvalue weighted by Gasteiger charge is 2.32. The number of nitrogens with zero attached hydrogens (tertiary/aromatic N) is 1. The number of aromatic carboxylic acids is 1. The largest absolute Gasteiger partial charge is 0.872 e. The summed E-state index contributed by atoms with van der Waals surface area (Å²) in [5, 5.41) is 23.6. The fourth-order valence-corrected chi connectivity index (χ4v) is 4.13. The number of benzene rings is 2. The van der Waals surface area contributed by atoms with Gasteiger partial charge in [0.15, 0.2) is 0 Å². The highest BCUT2D eigenvalue weighted by Crippen LogP contribution is 2.33. The molecule has 154 valence electrons. The summed E-state index contributed by atoms with van der Waals surface area (Å²) in [5.41, 5.74) is 0.491. The molecule has 0 spiro atoms. The molecule has 0 bridgehead atoms. The molecule has 2 aromatic carbocycles. The molecule has 2 aromatic rings. The number of thioether (sulfide) groups is 1. The second kappa shape index (κ2) is 9.29. The van der Waals surface area contributed by atoms with Crippen LogP contribution in [0.15, 0.2) is 47.4 Å². The first-order chi connectivity index (χ1) is 14.3. The standard InChI is InChI=1S/C20H15ClN2O5S2/c21-14-4-2-1-3-11(14)9-16-18(26)23(20(29)30-16)8-7-17(25)22-12-5-6-13(19(27)28)15(24)10-12/h1-6,9-10,24H,7-8H2,(H,22,25)(H,27,28)/p-1/b16-9-. The third-order valence-electron chi connectivity index (χ3n) is 4.12. The van der Waals surface area contributed by atoms with E-state index in [2.05, 4.69) is 5.32 Å². The number of thiocarbonyl (C=S) groups is 1. The molecule has 7 nitrogen and oxygen atoms in total. The molecule has 30 heavy (non-hydrogen) atoms. The van der Waals surface area contributed by atoms with Gasteiger partial charge in [-0.15, -0.1) is 0 Å². The van der Waals surface area contributed by atoms with Gasteiger partial charge in [0.05, 0.1) is 10.5 Å². The summed E-state index contributed by atoms with van der Waals surface area (Å²) in [7, 11) is 0. The monoisotopic (exact) mass is 461 g/mol. The smallest absolute Gasteiger partial charge is 0.335 e. The molecule has 1 aliphatic rings. The highest BCUT2D eigenvalue weighted by atomic mass is 35.5. The molecule has 0 aromatic heterocycles. The van der Waals surface area contributed by atoms with Crippen molar-refractivity contribution < 1.29 is 24.6 Å². The van der Waals surface area contributed by atoms with Crippen LogP contribution in [0.5, 0.6) is 5.75 Å². The van der Waals surface area contributed by atoms with Gasteiger partial charge in [0, 0.05) is 23.7 Å². The lowest BCUT2D eigenvalue weighted by molar-refractivity contribution is -0.268. The van der Waals surface area contributed by atoms with Crippen molar-refractivity contribution in [1.82, 2.24) is 4.90 Å². The van der Waals surface area contributed by atoms with Gasteiger partial charge in [-0.3, -0.25) is 14.5 Å². The maximum Gasteiger partial charge on any atom is 0.335 e. The lowest BCUT2D eigenvalue weighted by Crippen LogP contribution is -2.31. The molecule has 0 atom stereocenters. The maximum absolute atomic E-state index is 12.6. The van der Waals surface area contributed by atoms with Crippen molar-refractivity contribution in [2.75, 3.05) is 11.9 Å². The van der Waals surface area contributed by atoms with E-state index in [9.17, 15) is 19.5 Å². The third-order valence-corrected chi connectivity index (χ3v) is 5.85. The van der Waals surface area contributed by atoms with Gasteiger partial charge in [-0.05, 0) is 35.9 Å². The van der Waals surface area contributed by atoms with E-state index in [0.29, 0.717) is 19.8 Å². The first kappa shape index (κ1) is 21.8. The lowest BCUT2D eigenvalue weighted by atomic mass is 10.2. The van der Waals surface area contributed by atoms with Crippen molar-refractivity contribution in [2.45, 2.75) is 6.42 Å². The van der Waals surface area contributed by atoms with Crippen molar-refractivity contribution in [1.29, 1.82) is 0 Å². The Morgan fingerprint density at radius 2 is 2.00 bits per heavy atom. The number of hydrogen-bond acceptors (Lipinski definition) is 6. The van der Waals surface area contributed by atoms with Crippen LogP contribution in [0, 0.1) is 0 Å². The number of carbonyl (C=O) groups excluding carboxylic acids is 2. The van der Waals surface area contributed by atoms with Crippen molar-refractivity contribution >= 4 is 69.4 Å². The predicted molar refractivity (Wildman–Crippen MR) is 117 cm³/mol. The van der Waals surface area contributed by atoms with Crippen LogP contribution in [0.3, 0.4) is 0 Å². The summed E-state index contributed by atoms with van der Waals surface area (Å²) >= 11 is 12.5. The Kier molecular flexibility index (Phi) is 6.76. The number of carbonyl (C=O) groups is 3. The van der Waals surface area contributed by atoms with Gasteiger partial charge in [-0.1, -0.05) is 59.5 Å². The van der Waals surface area contributed by atoms with E-state index >= 15 is 0 Å². The molecule has 0 saturated carbocycles. The quantitative estimate of drug-likeness (QED) is 0.501. The Bertz CT molecular complexity index is 1090. The summed E-state index contributed by atoms with van der Waals surface area (Å²) in [6.07, 6.45) is 1.60. The molecule has 1 aliphatic heterocycles. The Morgan fingerprint density at radius 1 is 1.27 bits per heavy atom. The molecule has 0 unspecified atom stereocenters. The van der Waals surface area contributed by atoms with Crippen LogP contribution in [0.2, 0.25) is 5.02 Å². The summed E-state index contributed by atoms with van der Waals surface area (Å²) in [6, 6.07) is 10.6. The maximum atomic E-state index is 12.6. The molecule has 1 saturated heterocycles. The molecule has 2 amide bonds. The average molecular weight is 462 g/mol. The number of hydrogen-bond donors (Lipinski definition) is 2. The Hall–Kier alpha value is -2.88. The molecule has 10 heteroatoms. The van der Waals surface area contributed by atoms with Gasteiger partial charge < -0.3 is 15.5 Å². The zero-order chi connectivity index (χ0) is 21.8. The van der Waals surface area contributed by atoms with Gasteiger partial charge in [-0.2, -0.15) is 0 Å². The topological polar surface area (TPSA) is 110 Å². The van der Waals surface area contributed by atoms with E-state index in [4.69, 9.17) is 28.9 Å². The second-order valence-electron chi connectivity index (χ2n) is 6.17. The Balaban J connectivity index is 1.61. The van der Waals surface area contributed by atoms with E-state index in [-0.39, 0.29) is 30.1 Å². The molecular formula is C20H14ClN2O5S2-. The van der Waals surface area contributed by atoms with E-state index in [0.717, 1.165) is 23.9 Å². The fraction of sp³-hybridized carbons (Fsp3) is 0.100. The normalized spacial score (nSPS) is 15.0. The van der Waals surface area contributed by atoms with Gasteiger partial charge in [0.1, 0.15) is 4.32 Å². The highest BCUT2D eigenvalue weighted by molar-refractivity contribution is 8.26. The van der Waals surface area contributed by atoms with Crippen LogP contribution in [-0.2, 0) is 9.59 Å². The summed E-state index contributed by atoms with van der Waals surface area (Å²) in [4.78, 5) is 37.4. The van der Waals surface area contributed by atoms with Crippen molar-refractivity contribution in [3.63, 3.8) is 0 Å². The molecule has 2 N–H and O–H groups in total. The minimum Gasteiger partial charge on any atom is -0.872 e. The van der Waals surface area contributed by atoms with Crippen LogP contribution < -0.4 is 10.4 Å². The first-order valence-electron chi connectivity index (χ1n) is 8.60. The van der Waals surface area contributed by atoms with Gasteiger partial charge >= 0.3 is 5.97 Å². The van der Waals surface area contributed by atoms with Gasteiger partial charge in [0.25, 0.3) is 5.91 Å².